The molecule has 1 unspecified atom stereocenters. The van der Waals surface area contributed by atoms with Crippen LogP contribution in [0.15, 0.2) is 4.34 Å². The second kappa shape index (κ2) is 5.81. The zero-order valence-electron chi connectivity index (χ0n) is 10.9. The highest BCUT2D eigenvalue weighted by atomic mass is 79.9. The lowest BCUT2D eigenvalue weighted by Gasteiger charge is -2.28. The number of carbonyl (C=O) groups excluding carboxylic acids is 1. The van der Waals surface area contributed by atoms with Crippen molar-refractivity contribution in [2.75, 3.05) is 5.32 Å². The molecule has 7 nitrogen and oxygen atoms in total. The van der Waals surface area contributed by atoms with Crippen molar-refractivity contribution in [1.29, 1.82) is 0 Å². The summed E-state index contributed by atoms with van der Waals surface area (Å²) in [6, 6.07) is 0. The van der Waals surface area contributed by atoms with Crippen molar-refractivity contribution in [3.8, 4) is 0 Å². The van der Waals surface area contributed by atoms with Crippen molar-refractivity contribution in [2.24, 2.45) is 0 Å². The van der Waals surface area contributed by atoms with E-state index in [0.717, 1.165) is 11.3 Å². The third-order valence-electron chi connectivity index (χ3n) is 2.31. The molecule has 0 saturated heterocycles. The largest absolute Gasteiger partial charge is 0.301 e. The van der Waals surface area contributed by atoms with Gasteiger partial charge in [-0.05, 0) is 13.8 Å². The van der Waals surface area contributed by atoms with Gasteiger partial charge in [0.05, 0.1) is 0 Å². The minimum Gasteiger partial charge on any atom is -0.301 e. The molecule has 0 radical (unpaired) electrons. The Morgan fingerprint density at radius 1 is 1.42 bits per heavy atom. The van der Waals surface area contributed by atoms with Gasteiger partial charge in [0.25, 0.3) is 10.0 Å². The van der Waals surface area contributed by atoms with Gasteiger partial charge in [0.2, 0.25) is 15.4 Å². The molecule has 2 N–H and O–H groups in total. The zero-order chi connectivity index (χ0) is 14.8. The number of carbonyl (C=O) groups is 1. The van der Waals surface area contributed by atoms with Gasteiger partial charge in [-0.2, -0.15) is 0 Å². The van der Waals surface area contributed by atoms with Gasteiger partial charge in [-0.15, -0.1) is 10.2 Å². The molecular weight excluding hydrogens is 356 g/mol. The molecular formula is C9H15BrN4O3S2. The summed E-state index contributed by atoms with van der Waals surface area (Å²) in [5, 5.41) is 9.71. The van der Waals surface area contributed by atoms with Crippen LogP contribution in [0.25, 0.3) is 0 Å². The Balaban J connectivity index is 2.95. The van der Waals surface area contributed by atoms with Crippen LogP contribution in [0.5, 0.6) is 0 Å². The van der Waals surface area contributed by atoms with Crippen LogP contribution in [-0.4, -0.2) is 34.9 Å². The van der Waals surface area contributed by atoms with E-state index in [2.05, 4.69) is 36.2 Å². The van der Waals surface area contributed by atoms with Crippen LogP contribution in [0, 0.1) is 0 Å². The highest BCUT2D eigenvalue weighted by Gasteiger charge is 2.32. The van der Waals surface area contributed by atoms with Crippen LogP contribution < -0.4 is 10.0 Å². The van der Waals surface area contributed by atoms with Gasteiger partial charge in [0.15, 0.2) is 0 Å². The molecule has 1 heterocycles. The predicted molar refractivity (Wildman–Crippen MR) is 77.0 cm³/mol. The van der Waals surface area contributed by atoms with Crippen LogP contribution in [0.2, 0.25) is 0 Å². The second-order valence-electron chi connectivity index (χ2n) is 4.50. The van der Waals surface area contributed by atoms with E-state index in [4.69, 9.17) is 0 Å². The van der Waals surface area contributed by atoms with Gasteiger partial charge < -0.3 is 5.32 Å². The molecule has 0 spiro atoms. The number of nitrogens with zero attached hydrogens (tertiary/aromatic N) is 2. The summed E-state index contributed by atoms with van der Waals surface area (Å²) in [6.45, 7) is 6.65. The second-order valence-corrected chi connectivity index (χ2v) is 8.70. The predicted octanol–water partition coefficient (Wildman–Crippen LogP) is 1.34. The zero-order valence-corrected chi connectivity index (χ0v) is 14.1. The lowest BCUT2D eigenvalue weighted by molar-refractivity contribution is -0.114. The quantitative estimate of drug-likeness (QED) is 0.601. The summed E-state index contributed by atoms with van der Waals surface area (Å²) in [6.07, 6.45) is 0. The fraction of sp³-hybridized carbons (Fsp3) is 0.667. The van der Waals surface area contributed by atoms with E-state index in [1.54, 1.807) is 13.8 Å². The lowest BCUT2D eigenvalue weighted by Crippen LogP contribution is -2.48. The number of sulfonamides is 1. The fourth-order valence-electron chi connectivity index (χ4n) is 0.991. The number of amides is 1. The monoisotopic (exact) mass is 370 g/mol. The van der Waals surface area contributed by atoms with Crippen molar-refractivity contribution in [3.05, 3.63) is 0 Å². The topological polar surface area (TPSA) is 101 Å². The molecule has 10 heteroatoms. The lowest BCUT2D eigenvalue weighted by atomic mass is 10.0. The Morgan fingerprint density at radius 2 is 2.00 bits per heavy atom. The first-order valence-electron chi connectivity index (χ1n) is 5.34. The van der Waals surface area contributed by atoms with E-state index >= 15 is 0 Å². The average molecular weight is 371 g/mol. The van der Waals surface area contributed by atoms with Crippen molar-refractivity contribution in [2.45, 2.75) is 42.4 Å². The first-order chi connectivity index (χ1) is 8.54. The molecule has 108 valence electrons. The van der Waals surface area contributed by atoms with Gasteiger partial charge in [0.1, 0.15) is 0 Å². The molecule has 0 bridgehead atoms. The Morgan fingerprint density at radius 3 is 2.47 bits per heavy atom. The van der Waals surface area contributed by atoms with Gasteiger partial charge in [-0.25, -0.2) is 13.1 Å². The summed E-state index contributed by atoms with van der Waals surface area (Å²) in [5.74, 6) is -0.331. The molecule has 0 aliphatic rings. The van der Waals surface area contributed by atoms with E-state index < -0.39 is 15.6 Å². The highest BCUT2D eigenvalue weighted by molar-refractivity contribution is 9.09. The van der Waals surface area contributed by atoms with E-state index in [0.29, 0.717) is 0 Å². The van der Waals surface area contributed by atoms with Gasteiger partial charge >= 0.3 is 0 Å². The first kappa shape index (κ1) is 16.5. The van der Waals surface area contributed by atoms with Crippen LogP contribution in [0.3, 0.4) is 0 Å². The summed E-state index contributed by atoms with van der Waals surface area (Å²) in [5.41, 5.74) is -0.682. The summed E-state index contributed by atoms with van der Waals surface area (Å²) < 4.78 is 26.6. The summed E-state index contributed by atoms with van der Waals surface area (Å²) >= 11 is 4.14. The number of alkyl halides is 1. The maximum absolute atomic E-state index is 12.1. The molecule has 1 atom stereocenters. The maximum atomic E-state index is 12.1. The number of hydrogen-bond acceptors (Lipinski definition) is 6. The average Bonchev–Trinajstić information content (AvgIpc) is 2.63. The molecule has 19 heavy (non-hydrogen) atoms. The number of rotatable bonds is 5. The fourth-order valence-corrected chi connectivity index (χ4v) is 3.69. The van der Waals surface area contributed by atoms with E-state index in [1.807, 2.05) is 6.92 Å². The minimum absolute atomic E-state index is 0.0717. The van der Waals surface area contributed by atoms with Crippen molar-refractivity contribution >= 4 is 48.3 Å². The van der Waals surface area contributed by atoms with Gasteiger partial charge in [0, 0.05) is 17.3 Å². The number of anilines is 1. The van der Waals surface area contributed by atoms with Crippen LogP contribution in [0.1, 0.15) is 27.7 Å². The van der Waals surface area contributed by atoms with E-state index in [-0.39, 0.29) is 20.2 Å². The number of nitrogens with one attached hydrogen (secondary N) is 2. The Hall–Kier alpha value is -0.580. The Kier molecular flexibility index (Phi) is 5.04. The molecule has 0 aliphatic heterocycles. The molecule has 0 fully saturated rings. The van der Waals surface area contributed by atoms with Crippen LogP contribution >= 0.6 is 27.3 Å². The van der Waals surface area contributed by atoms with Crippen molar-refractivity contribution in [1.82, 2.24) is 14.9 Å². The smallest absolute Gasteiger partial charge is 0.270 e. The first-order valence-corrected chi connectivity index (χ1v) is 8.55. The Labute approximate surface area is 124 Å². The number of aromatic nitrogens is 2. The highest BCUT2D eigenvalue weighted by Crippen LogP contribution is 2.24. The number of halogens is 1. The van der Waals surface area contributed by atoms with Crippen molar-refractivity contribution in [3.63, 3.8) is 0 Å². The van der Waals surface area contributed by atoms with Crippen LogP contribution in [0.4, 0.5) is 5.13 Å². The van der Waals surface area contributed by atoms with E-state index in [9.17, 15) is 13.2 Å². The molecule has 0 aromatic carbocycles. The molecule has 1 rings (SSSR count). The normalized spacial score (nSPS) is 14.2. The third kappa shape index (κ3) is 4.48. The molecule has 1 aromatic rings. The SMILES string of the molecule is CC(=O)Nc1nnc(S(=O)(=O)NC(C)(C)C(C)Br)s1. The van der Waals surface area contributed by atoms with Gasteiger partial charge in [-0.3, -0.25) is 4.79 Å². The third-order valence-corrected chi connectivity index (χ3v) is 6.33. The maximum Gasteiger partial charge on any atom is 0.270 e. The minimum atomic E-state index is -3.76. The standard InChI is InChI=1S/C9H15BrN4O3S2/c1-5(10)9(3,4)14-19(16,17)8-13-12-7(18-8)11-6(2)15/h5,14H,1-4H3,(H,11,12,15). The Bertz CT molecular complexity index is 568. The van der Waals surface area contributed by atoms with Crippen LogP contribution in [-0.2, 0) is 14.8 Å². The molecule has 1 amide bonds. The van der Waals surface area contributed by atoms with Gasteiger partial charge in [-0.1, -0.05) is 34.2 Å². The molecule has 0 aliphatic carbocycles. The molecule has 1 aromatic heterocycles. The van der Waals surface area contributed by atoms with E-state index in [1.165, 1.54) is 6.92 Å². The molecule has 0 saturated carbocycles. The van der Waals surface area contributed by atoms with Crippen molar-refractivity contribution < 1.29 is 13.2 Å². The summed E-state index contributed by atoms with van der Waals surface area (Å²) in [4.78, 5) is 10.8. The summed E-state index contributed by atoms with van der Waals surface area (Å²) in [7, 11) is -3.76. The number of hydrogen-bond donors (Lipinski definition) is 2.